The third-order valence-electron chi connectivity index (χ3n) is 4.09. The molecule has 0 saturated heterocycles. The number of carbonyl (C=O) groups excluding carboxylic acids is 1. The summed E-state index contributed by atoms with van der Waals surface area (Å²) in [6, 6.07) is 0.0218. The highest BCUT2D eigenvalue weighted by Crippen LogP contribution is 2.34. The molecule has 2 aliphatic rings. The molecule has 2 saturated carbocycles. The number of hydrogen-bond donors (Lipinski definition) is 2. The second-order valence-electron chi connectivity index (χ2n) is 5.54. The quantitative estimate of drug-likeness (QED) is 0.786. The lowest BCUT2D eigenvalue weighted by Gasteiger charge is -2.27. The second kappa shape index (κ2) is 5.59. The monoisotopic (exact) mass is 254 g/mol. The summed E-state index contributed by atoms with van der Waals surface area (Å²) < 4.78 is 0. The van der Waals surface area contributed by atoms with Gasteiger partial charge in [0.15, 0.2) is 0 Å². The molecule has 1 unspecified atom stereocenters. The zero-order valence-electron chi connectivity index (χ0n) is 10.9. The Labute approximate surface area is 108 Å². The Morgan fingerprint density at radius 3 is 2.39 bits per heavy atom. The summed E-state index contributed by atoms with van der Waals surface area (Å²) in [6.45, 7) is 0. The molecular weight excluding hydrogens is 232 g/mol. The van der Waals surface area contributed by atoms with Crippen molar-refractivity contribution in [2.75, 3.05) is 7.05 Å². The van der Waals surface area contributed by atoms with Gasteiger partial charge in [0.2, 0.25) is 0 Å². The van der Waals surface area contributed by atoms with Crippen LogP contribution in [0.5, 0.6) is 0 Å². The van der Waals surface area contributed by atoms with Gasteiger partial charge in [-0.2, -0.15) is 0 Å². The highest BCUT2D eigenvalue weighted by atomic mass is 16.4. The first-order chi connectivity index (χ1) is 8.58. The SMILES string of the molecule is CN(C(=O)NC(CC(=O)O)C1CC1)C1CCCC1. The van der Waals surface area contributed by atoms with E-state index in [0.29, 0.717) is 12.0 Å². The number of carbonyl (C=O) groups is 2. The molecule has 0 aromatic heterocycles. The molecular formula is C13H22N2O3. The van der Waals surface area contributed by atoms with Crippen molar-refractivity contribution in [1.82, 2.24) is 10.2 Å². The summed E-state index contributed by atoms with van der Waals surface area (Å²) in [6.07, 6.45) is 6.60. The van der Waals surface area contributed by atoms with Crippen LogP contribution in [0, 0.1) is 5.92 Å². The lowest BCUT2D eigenvalue weighted by molar-refractivity contribution is -0.137. The lowest BCUT2D eigenvalue weighted by atomic mass is 10.1. The van der Waals surface area contributed by atoms with Crippen molar-refractivity contribution in [2.24, 2.45) is 5.92 Å². The Balaban J connectivity index is 1.85. The van der Waals surface area contributed by atoms with Crippen molar-refractivity contribution in [3.8, 4) is 0 Å². The van der Waals surface area contributed by atoms with Gasteiger partial charge in [0.1, 0.15) is 0 Å². The Morgan fingerprint density at radius 2 is 1.89 bits per heavy atom. The van der Waals surface area contributed by atoms with Gasteiger partial charge >= 0.3 is 12.0 Å². The van der Waals surface area contributed by atoms with Gasteiger partial charge in [-0.25, -0.2) is 4.79 Å². The van der Waals surface area contributed by atoms with E-state index < -0.39 is 5.97 Å². The van der Waals surface area contributed by atoms with Crippen molar-refractivity contribution in [3.63, 3.8) is 0 Å². The van der Waals surface area contributed by atoms with Crippen LogP contribution in [0.3, 0.4) is 0 Å². The molecule has 18 heavy (non-hydrogen) atoms. The van der Waals surface area contributed by atoms with E-state index in [1.807, 2.05) is 7.05 Å². The smallest absolute Gasteiger partial charge is 0.317 e. The first-order valence-corrected chi connectivity index (χ1v) is 6.83. The van der Waals surface area contributed by atoms with Gasteiger partial charge in [-0.1, -0.05) is 12.8 Å². The molecule has 1 atom stereocenters. The molecule has 0 heterocycles. The number of carboxylic acid groups (broad SMARTS) is 1. The Morgan fingerprint density at radius 1 is 1.28 bits per heavy atom. The molecule has 2 aliphatic carbocycles. The van der Waals surface area contributed by atoms with Gasteiger partial charge in [0, 0.05) is 19.1 Å². The summed E-state index contributed by atoms with van der Waals surface area (Å²) in [7, 11) is 1.82. The maximum atomic E-state index is 12.1. The fourth-order valence-corrected chi connectivity index (χ4v) is 2.74. The maximum Gasteiger partial charge on any atom is 0.317 e. The molecule has 0 aromatic carbocycles. The molecule has 0 bridgehead atoms. The van der Waals surface area contributed by atoms with Gasteiger partial charge in [0.05, 0.1) is 6.42 Å². The van der Waals surface area contributed by atoms with Crippen LogP contribution in [0.25, 0.3) is 0 Å². The van der Waals surface area contributed by atoms with E-state index in [0.717, 1.165) is 25.7 Å². The van der Waals surface area contributed by atoms with Crippen molar-refractivity contribution in [3.05, 3.63) is 0 Å². The topological polar surface area (TPSA) is 69.6 Å². The minimum Gasteiger partial charge on any atom is -0.481 e. The molecule has 0 spiro atoms. The fraction of sp³-hybridized carbons (Fsp3) is 0.846. The third-order valence-corrected chi connectivity index (χ3v) is 4.09. The van der Waals surface area contributed by atoms with Gasteiger partial charge in [-0.3, -0.25) is 4.79 Å². The highest BCUT2D eigenvalue weighted by molar-refractivity contribution is 5.76. The van der Waals surface area contributed by atoms with Crippen LogP contribution in [0.1, 0.15) is 44.9 Å². The average Bonchev–Trinajstić information content (AvgIpc) is 3.02. The lowest BCUT2D eigenvalue weighted by Crippen LogP contribution is -2.47. The fourth-order valence-electron chi connectivity index (χ4n) is 2.74. The summed E-state index contributed by atoms with van der Waals surface area (Å²) in [4.78, 5) is 24.6. The van der Waals surface area contributed by atoms with E-state index in [2.05, 4.69) is 5.32 Å². The molecule has 102 valence electrons. The van der Waals surface area contributed by atoms with E-state index in [1.54, 1.807) is 4.90 Å². The number of aliphatic carboxylic acids is 1. The molecule has 2 N–H and O–H groups in total. The van der Waals surface area contributed by atoms with Crippen LogP contribution in [0.15, 0.2) is 0 Å². The normalized spacial score (nSPS) is 21.6. The number of nitrogens with zero attached hydrogens (tertiary/aromatic N) is 1. The summed E-state index contributed by atoms with van der Waals surface area (Å²) in [5.41, 5.74) is 0. The summed E-state index contributed by atoms with van der Waals surface area (Å²) in [5, 5.41) is 11.8. The van der Waals surface area contributed by atoms with Gasteiger partial charge < -0.3 is 15.3 Å². The van der Waals surface area contributed by atoms with E-state index in [4.69, 9.17) is 5.11 Å². The largest absolute Gasteiger partial charge is 0.481 e. The number of nitrogens with one attached hydrogen (secondary N) is 1. The number of urea groups is 1. The minimum absolute atomic E-state index is 0.0366. The van der Waals surface area contributed by atoms with Crippen molar-refractivity contribution >= 4 is 12.0 Å². The van der Waals surface area contributed by atoms with Crippen molar-refractivity contribution in [2.45, 2.75) is 57.0 Å². The minimum atomic E-state index is -0.837. The molecule has 5 heteroatoms. The first kappa shape index (κ1) is 13.2. The van der Waals surface area contributed by atoms with E-state index in [9.17, 15) is 9.59 Å². The molecule has 0 radical (unpaired) electrons. The molecule has 2 rings (SSSR count). The standard InChI is InChI=1S/C13H22N2O3/c1-15(10-4-2-3-5-10)13(18)14-11(8-12(16)17)9-6-7-9/h9-11H,2-8H2,1H3,(H,14,18)(H,16,17). The Bertz CT molecular complexity index is 322. The number of amides is 2. The van der Waals surface area contributed by atoms with E-state index in [1.165, 1.54) is 12.8 Å². The van der Waals surface area contributed by atoms with Crippen LogP contribution in [0.4, 0.5) is 4.79 Å². The second-order valence-corrected chi connectivity index (χ2v) is 5.54. The van der Waals surface area contributed by atoms with Crippen molar-refractivity contribution in [1.29, 1.82) is 0 Å². The van der Waals surface area contributed by atoms with Crippen LogP contribution >= 0.6 is 0 Å². The Hall–Kier alpha value is -1.26. The number of hydrogen-bond acceptors (Lipinski definition) is 2. The molecule has 0 aromatic rings. The number of rotatable bonds is 5. The first-order valence-electron chi connectivity index (χ1n) is 6.83. The Kier molecular flexibility index (Phi) is 4.09. The summed E-state index contributed by atoms with van der Waals surface area (Å²) >= 11 is 0. The van der Waals surface area contributed by atoms with Gasteiger partial charge in [-0.15, -0.1) is 0 Å². The predicted octanol–water partition coefficient (Wildman–Crippen LogP) is 1.82. The maximum absolute atomic E-state index is 12.1. The van der Waals surface area contributed by atoms with E-state index in [-0.39, 0.29) is 18.5 Å². The molecule has 5 nitrogen and oxygen atoms in total. The molecule has 2 amide bonds. The predicted molar refractivity (Wildman–Crippen MR) is 67.3 cm³/mol. The number of carboxylic acids is 1. The average molecular weight is 254 g/mol. The van der Waals surface area contributed by atoms with Crippen LogP contribution in [0.2, 0.25) is 0 Å². The van der Waals surface area contributed by atoms with Gasteiger partial charge in [-0.05, 0) is 31.6 Å². The van der Waals surface area contributed by atoms with Crippen LogP contribution in [-0.2, 0) is 4.79 Å². The zero-order chi connectivity index (χ0) is 13.1. The zero-order valence-corrected chi connectivity index (χ0v) is 10.9. The summed E-state index contributed by atoms with van der Waals surface area (Å²) in [5.74, 6) is -0.474. The van der Waals surface area contributed by atoms with Crippen LogP contribution < -0.4 is 5.32 Å². The third kappa shape index (κ3) is 3.37. The molecule has 2 fully saturated rings. The van der Waals surface area contributed by atoms with Crippen molar-refractivity contribution < 1.29 is 14.7 Å². The van der Waals surface area contributed by atoms with Crippen LogP contribution in [-0.4, -0.2) is 41.1 Å². The molecule has 0 aliphatic heterocycles. The van der Waals surface area contributed by atoms with E-state index >= 15 is 0 Å². The van der Waals surface area contributed by atoms with Gasteiger partial charge in [0.25, 0.3) is 0 Å². The highest BCUT2D eigenvalue weighted by Gasteiger charge is 2.35.